The number of rotatable bonds is 5. The minimum absolute atomic E-state index is 0.216. The van der Waals surface area contributed by atoms with Crippen LogP contribution in [0.15, 0.2) is 48.5 Å². The maximum absolute atomic E-state index is 13.3. The lowest BCUT2D eigenvalue weighted by atomic mass is 10.0. The second kappa shape index (κ2) is 6.53. The van der Waals surface area contributed by atoms with Crippen LogP contribution in [-0.2, 0) is 0 Å². The molecule has 20 heavy (non-hydrogen) atoms. The van der Waals surface area contributed by atoms with Crippen molar-refractivity contribution in [2.45, 2.75) is 19.4 Å². The van der Waals surface area contributed by atoms with Gasteiger partial charge in [-0.15, -0.1) is 0 Å². The number of anilines is 2. The smallest absolute Gasteiger partial charge is 0.125 e. The van der Waals surface area contributed by atoms with E-state index in [-0.39, 0.29) is 5.82 Å². The summed E-state index contributed by atoms with van der Waals surface area (Å²) < 4.78 is 13.3. The van der Waals surface area contributed by atoms with Crippen molar-refractivity contribution >= 4 is 11.4 Å². The first-order chi connectivity index (χ1) is 9.65. The van der Waals surface area contributed by atoms with Gasteiger partial charge in [-0.25, -0.2) is 4.39 Å². The summed E-state index contributed by atoms with van der Waals surface area (Å²) in [5, 5.41) is 3.29. The number of hydrogen-bond acceptors (Lipinski definition) is 2. The molecule has 1 N–H and O–H groups in total. The highest BCUT2D eigenvalue weighted by molar-refractivity contribution is 5.62. The van der Waals surface area contributed by atoms with Crippen LogP contribution in [0, 0.1) is 5.82 Å². The summed E-state index contributed by atoms with van der Waals surface area (Å²) in [7, 11) is 3.92. The van der Waals surface area contributed by atoms with Crippen molar-refractivity contribution in [3.63, 3.8) is 0 Å². The van der Waals surface area contributed by atoms with Crippen molar-refractivity contribution in [1.29, 1.82) is 0 Å². The highest BCUT2D eigenvalue weighted by Crippen LogP contribution is 2.26. The maximum atomic E-state index is 13.3. The van der Waals surface area contributed by atoms with Crippen molar-refractivity contribution in [2.75, 3.05) is 19.0 Å². The third-order valence-corrected chi connectivity index (χ3v) is 3.63. The van der Waals surface area contributed by atoms with E-state index in [1.165, 1.54) is 17.7 Å². The van der Waals surface area contributed by atoms with Crippen molar-refractivity contribution < 1.29 is 4.39 Å². The molecule has 1 atom stereocenters. The number of halogens is 1. The Morgan fingerprint density at radius 2 is 1.80 bits per heavy atom. The Hall–Kier alpha value is -1.87. The molecule has 0 bridgehead atoms. The van der Waals surface area contributed by atoms with Gasteiger partial charge in [0.1, 0.15) is 5.82 Å². The van der Waals surface area contributed by atoms with Gasteiger partial charge in [-0.05, 0) is 49.4 Å². The summed E-state index contributed by atoms with van der Waals surface area (Å²) in [4.78, 5) is 1.98. The summed E-state index contributed by atoms with van der Waals surface area (Å²) in [6.45, 7) is 2.16. The summed E-state index contributed by atoms with van der Waals surface area (Å²) in [6, 6.07) is 15.4. The Balaban J connectivity index is 2.21. The normalized spacial score (nSPS) is 12.2. The first-order valence-corrected chi connectivity index (χ1v) is 6.92. The van der Waals surface area contributed by atoms with E-state index < -0.39 is 0 Å². The standard InChI is InChI=1S/C17H21FN2/c1-4-17(19-2)13-8-10-15(11-9-13)20(3)16-7-5-6-14(18)12-16/h5-12,17,19H,4H2,1-3H3. The first kappa shape index (κ1) is 14.5. The van der Waals surface area contributed by atoms with Gasteiger partial charge in [0.15, 0.2) is 0 Å². The van der Waals surface area contributed by atoms with Gasteiger partial charge in [-0.3, -0.25) is 0 Å². The molecule has 3 heteroatoms. The molecule has 0 aliphatic rings. The Morgan fingerprint density at radius 1 is 1.10 bits per heavy atom. The topological polar surface area (TPSA) is 15.3 Å². The molecule has 2 aromatic rings. The zero-order valence-electron chi connectivity index (χ0n) is 12.2. The van der Waals surface area contributed by atoms with Crippen LogP contribution >= 0.6 is 0 Å². The predicted molar refractivity (Wildman–Crippen MR) is 83.0 cm³/mol. The third-order valence-electron chi connectivity index (χ3n) is 3.63. The maximum Gasteiger partial charge on any atom is 0.125 e. The van der Waals surface area contributed by atoms with Crippen LogP contribution in [0.5, 0.6) is 0 Å². The van der Waals surface area contributed by atoms with Gasteiger partial charge in [0.2, 0.25) is 0 Å². The minimum Gasteiger partial charge on any atom is -0.345 e. The molecule has 1 unspecified atom stereocenters. The molecule has 106 valence electrons. The lowest BCUT2D eigenvalue weighted by Crippen LogP contribution is -2.15. The van der Waals surface area contributed by atoms with Gasteiger partial charge < -0.3 is 10.2 Å². The molecule has 0 aliphatic carbocycles. The molecule has 0 spiro atoms. The van der Waals surface area contributed by atoms with E-state index in [9.17, 15) is 4.39 Å². The van der Waals surface area contributed by atoms with Crippen LogP contribution in [-0.4, -0.2) is 14.1 Å². The molecule has 0 amide bonds. The fraction of sp³-hybridized carbons (Fsp3) is 0.294. The largest absolute Gasteiger partial charge is 0.345 e. The number of benzene rings is 2. The molecule has 0 aliphatic heterocycles. The van der Waals surface area contributed by atoms with E-state index in [2.05, 4.69) is 36.5 Å². The predicted octanol–water partition coefficient (Wildman–Crippen LogP) is 4.26. The zero-order chi connectivity index (χ0) is 14.5. The quantitative estimate of drug-likeness (QED) is 0.874. The van der Waals surface area contributed by atoms with Crippen LogP contribution in [0.2, 0.25) is 0 Å². The van der Waals surface area contributed by atoms with E-state index in [1.807, 2.05) is 25.1 Å². The second-order valence-electron chi connectivity index (χ2n) is 4.88. The highest BCUT2D eigenvalue weighted by Gasteiger charge is 2.08. The summed E-state index contributed by atoms with van der Waals surface area (Å²) in [5.74, 6) is -0.216. The number of nitrogens with zero attached hydrogens (tertiary/aromatic N) is 1. The summed E-state index contributed by atoms with van der Waals surface area (Å²) in [6.07, 6.45) is 1.05. The van der Waals surface area contributed by atoms with Crippen LogP contribution in [0.4, 0.5) is 15.8 Å². The van der Waals surface area contributed by atoms with E-state index in [1.54, 1.807) is 6.07 Å². The van der Waals surface area contributed by atoms with Crippen molar-refractivity contribution in [3.05, 3.63) is 59.9 Å². The average Bonchev–Trinajstić information content (AvgIpc) is 2.48. The van der Waals surface area contributed by atoms with Crippen LogP contribution in [0.25, 0.3) is 0 Å². The van der Waals surface area contributed by atoms with E-state index in [4.69, 9.17) is 0 Å². The van der Waals surface area contributed by atoms with Crippen molar-refractivity contribution in [3.8, 4) is 0 Å². The van der Waals surface area contributed by atoms with Gasteiger partial charge in [-0.1, -0.05) is 25.1 Å². The zero-order valence-corrected chi connectivity index (χ0v) is 12.2. The van der Waals surface area contributed by atoms with Crippen LogP contribution in [0.1, 0.15) is 24.9 Å². The lowest BCUT2D eigenvalue weighted by Gasteiger charge is -2.21. The molecule has 0 fully saturated rings. The Kier molecular flexibility index (Phi) is 4.74. The van der Waals surface area contributed by atoms with Gasteiger partial charge in [0.05, 0.1) is 0 Å². The van der Waals surface area contributed by atoms with Gasteiger partial charge in [-0.2, -0.15) is 0 Å². The van der Waals surface area contributed by atoms with Gasteiger partial charge in [0, 0.05) is 24.5 Å². The van der Waals surface area contributed by atoms with Crippen molar-refractivity contribution in [1.82, 2.24) is 5.32 Å². The molecule has 0 saturated carbocycles. The second-order valence-corrected chi connectivity index (χ2v) is 4.88. The molecule has 2 rings (SSSR count). The molecule has 0 heterocycles. The fourth-order valence-electron chi connectivity index (χ4n) is 2.37. The third kappa shape index (κ3) is 3.17. The monoisotopic (exact) mass is 272 g/mol. The minimum atomic E-state index is -0.216. The molecule has 0 saturated heterocycles. The van der Waals surface area contributed by atoms with E-state index >= 15 is 0 Å². The molecule has 0 aromatic heterocycles. The van der Waals surface area contributed by atoms with Crippen LogP contribution in [0.3, 0.4) is 0 Å². The van der Waals surface area contributed by atoms with Gasteiger partial charge in [0.25, 0.3) is 0 Å². The van der Waals surface area contributed by atoms with Crippen molar-refractivity contribution in [2.24, 2.45) is 0 Å². The van der Waals surface area contributed by atoms with Crippen LogP contribution < -0.4 is 10.2 Å². The Bertz CT molecular complexity index is 547. The van der Waals surface area contributed by atoms with E-state index in [0.29, 0.717) is 6.04 Å². The molecular weight excluding hydrogens is 251 g/mol. The number of nitrogens with one attached hydrogen (secondary N) is 1. The SMILES string of the molecule is CCC(NC)c1ccc(N(C)c2cccc(F)c2)cc1. The summed E-state index contributed by atoms with van der Waals surface area (Å²) >= 11 is 0. The number of hydrogen-bond donors (Lipinski definition) is 1. The molecule has 2 nitrogen and oxygen atoms in total. The molecule has 2 aromatic carbocycles. The lowest BCUT2D eigenvalue weighted by molar-refractivity contribution is 0.577. The summed E-state index contributed by atoms with van der Waals surface area (Å²) in [5.41, 5.74) is 3.16. The Morgan fingerprint density at radius 3 is 2.35 bits per heavy atom. The Labute approximate surface area is 120 Å². The molecular formula is C17H21FN2. The highest BCUT2D eigenvalue weighted by atomic mass is 19.1. The fourth-order valence-corrected chi connectivity index (χ4v) is 2.37. The average molecular weight is 272 g/mol. The van der Waals surface area contributed by atoms with Gasteiger partial charge >= 0.3 is 0 Å². The molecule has 0 radical (unpaired) electrons. The first-order valence-electron chi connectivity index (χ1n) is 6.92. The van der Waals surface area contributed by atoms with E-state index in [0.717, 1.165) is 17.8 Å².